The van der Waals surface area contributed by atoms with E-state index in [1.165, 1.54) is 43.2 Å². The first-order chi connectivity index (χ1) is 17.5. The van der Waals surface area contributed by atoms with E-state index in [0.717, 1.165) is 43.8 Å². The first-order valence-corrected chi connectivity index (χ1v) is 14.3. The van der Waals surface area contributed by atoms with Crippen molar-refractivity contribution in [2.24, 2.45) is 11.8 Å². The zero-order valence-corrected chi connectivity index (χ0v) is 22.5. The fraction of sp³-hybridized carbons (Fsp3) is 0.594. The van der Waals surface area contributed by atoms with Crippen LogP contribution in [0.5, 0.6) is 5.75 Å². The maximum atomic E-state index is 14.5. The van der Waals surface area contributed by atoms with Crippen LogP contribution >= 0.6 is 0 Å². The number of nitrogens with one attached hydrogen (secondary N) is 1. The Morgan fingerprint density at radius 2 is 1.83 bits per heavy atom. The van der Waals surface area contributed by atoms with Crippen LogP contribution in [0.25, 0.3) is 0 Å². The Morgan fingerprint density at radius 1 is 1.06 bits per heavy atom. The van der Waals surface area contributed by atoms with E-state index in [2.05, 4.69) is 72.6 Å². The summed E-state index contributed by atoms with van der Waals surface area (Å²) in [4.78, 5) is 16.8. The van der Waals surface area contributed by atoms with Gasteiger partial charge in [-0.1, -0.05) is 74.7 Å². The number of aryl methyl sites for hydroxylation is 1. The van der Waals surface area contributed by atoms with Crippen LogP contribution in [-0.4, -0.2) is 43.1 Å². The summed E-state index contributed by atoms with van der Waals surface area (Å²) in [5.41, 5.74) is 3.50. The number of carbonyl (C=O) groups excluding carboxylic acids is 1. The van der Waals surface area contributed by atoms with Gasteiger partial charge in [-0.2, -0.15) is 0 Å². The van der Waals surface area contributed by atoms with Gasteiger partial charge < -0.3 is 15.0 Å². The van der Waals surface area contributed by atoms with Crippen LogP contribution in [-0.2, 0) is 10.2 Å². The zero-order chi connectivity index (χ0) is 25.1. The van der Waals surface area contributed by atoms with Crippen molar-refractivity contribution in [2.75, 3.05) is 26.2 Å². The number of carbonyl (C=O) groups is 1. The van der Waals surface area contributed by atoms with E-state index in [1.54, 1.807) is 0 Å². The Balaban J connectivity index is 1.44. The Hall–Kier alpha value is -2.33. The van der Waals surface area contributed by atoms with Crippen LogP contribution in [0.2, 0.25) is 0 Å². The highest BCUT2D eigenvalue weighted by Crippen LogP contribution is 2.45. The minimum absolute atomic E-state index is 0.0714. The summed E-state index contributed by atoms with van der Waals surface area (Å²) in [6.45, 7) is 9.49. The fourth-order valence-corrected chi connectivity index (χ4v) is 7.37. The van der Waals surface area contributed by atoms with Crippen molar-refractivity contribution in [3.8, 4) is 5.75 Å². The minimum atomic E-state index is -0.277. The summed E-state index contributed by atoms with van der Waals surface area (Å²) in [7, 11) is 0. The summed E-state index contributed by atoms with van der Waals surface area (Å²) in [6.07, 6.45) is 8.66. The van der Waals surface area contributed by atoms with Gasteiger partial charge in [-0.15, -0.1) is 0 Å². The third-order valence-corrected chi connectivity index (χ3v) is 9.42. The highest BCUT2D eigenvalue weighted by Gasteiger charge is 2.49. The lowest BCUT2D eigenvalue weighted by molar-refractivity contribution is -0.142. The number of benzene rings is 2. The molecule has 194 valence electrons. The predicted octanol–water partition coefficient (Wildman–Crippen LogP) is 6.23. The van der Waals surface area contributed by atoms with Crippen molar-refractivity contribution in [1.29, 1.82) is 0 Å². The maximum Gasteiger partial charge on any atom is 0.228 e. The van der Waals surface area contributed by atoms with Crippen molar-refractivity contribution in [2.45, 2.75) is 83.1 Å². The van der Waals surface area contributed by atoms with E-state index in [-0.39, 0.29) is 11.3 Å². The molecule has 1 saturated carbocycles. The molecule has 36 heavy (non-hydrogen) atoms. The average molecular weight is 489 g/mol. The van der Waals surface area contributed by atoms with Crippen molar-refractivity contribution in [3.63, 3.8) is 0 Å². The predicted molar refractivity (Wildman–Crippen MR) is 147 cm³/mol. The lowest BCUT2D eigenvalue weighted by Crippen LogP contribution is -2.54. The van der Waals surface area contributed by atoms with E-state index in [9.17, 15) is 4.79 Å². The molecule has 4 unspecified atom stereocenters. The molecule has 4 atom stereocenters. The average Bonchev–Trinajstić information content (AvgIpc) is 3.32. The van der Waals surface area contributed by atoms with Crippen molar-refractivity contribution in [1.82, 2.24) is 10.2 Å². The summed E-state index contributed by atoms with van der Waals surface area (Å²) < 4.78 is 6.15. The number of rotatable bonds is 6. The van der Waals surface area contributed by atoms with Crippen molar-refractivity contribution >= 4 is 5.91 Å². The van der Waals surface area contributed by atoms with Gasteiger partial charge in [0.25, 0.3) is 0 Å². The molecule has 1 N–H and O–H groups in total. The molecule has 5 rings (SSSR count). The summed E-state index contributed by atoms with van der Waals surface area (Å²) in [6, 6.07) is 17.8. The fourth-order valence-electron chi connectivity index (χ4n) is 7.37. The maximum absolute atomic E-state index is 14.5. The number of piperidine rings is 1. The van der Waals surface area contributed by atoms with E-state index >= 15 is 0 Å². The topological polar surface area (TPSA) is 41.6 Å². The number of nitrogens with zero attached hydrogens (tertiary/aromatic N) is 1. The summed E-state index contributed by atoms with van der Waals surface area (Å²) >= 11 is 0. The Labute approximate surface area is 217 Å². The highest BCUT2D eigenvalue weighted by molar-refractivity contribution is 5.82. The SMILES string of the molecule is CCOc1c(C)cccc1C1(C)CNCC1C(=O)N1CCC(c2ccccc2)CC1C1CCCCC1. The number of ether oxygens (including phenoxy) is 1. The second-order valence-electron chi connectivity index (χ2n) is 11.6. The molecule has 1 amide bonds. The van der Waals surface area contributed by atoms with Crippen LogP contribution in [0.3, 0.4) is 0 Å². The quantitative estimate of drug-likeness (QED) is 0.524. The smallest absolute Gasteiger partial charge is 0.228 e. The second kappa shape index (κ2) is 11.0. The standard InChI is InChI=1S/C32H44N2O2/c1-4-36-30-23(2)12-11-17-27(30)32(3)22-33-21-28(32)31(35)34-19-18-26(24-13-7-5-8-14-24)20-29(34)25-15-9-6-10-16-25/h5,7-8,11-14,17,25-26,28-29,33H,4,6,9-10,15-16,18-22H2,1-3H3. The van der Waals surface area contributed by atoms with Crippen LogP contribution < -0.4 is 10.1 Å². The molecule has 4 nitrogen and oxygen atoms in total. The monoisotopic (exact) mass is 488 g/mol. The summed E-state index contributed by atoms with van der Waals surface area (Å²) in [5.74, 6) is 2.44. The van der Waals surface area contributed by atoms with Gasteiger partial charge in [0, 0.05) is 36.7 Å². The van der Waals surface area contributed by atoms with Gasteiger partial charge in [-0.3, -0.25) is 4.79 Å². The first kappa shape index (κ1) is 25.3. The van der Waals surface area contributed by atoms with Crippen LogP contribution in [0.4, 0.5) is 0 Å². The number of hydrogen-bond donors (Lipinski definition) is 1. The molecule has 2 heterocycles. The Morgan fingerprint density at radius 3 is 2.58 bits per heavy atom. The molecule has 0 spiro atoms. The molecule has 3 fully saturated rings. The van der Waals surface area contributed by atoms with Gasteiger partial charge in [0.05, 0.1) is 12.5 Å². The van der Waals surface area contributed by atoms with E-state index in [1.807, 2.05) is 6.92 Å². The minimum Gasteiger partial charge on any atom is -0.493 e. The zero-order valence-electron chi connectivity index (χ0n) is 22.5. The molecular formula is C32H44N2O2. The highest BCUT2D eigenvalue weighted by atomic mass is 16.5. The molecule has 2 aromatic carbocycles. The first-order valence-electron chi connectivity index (χ1n) is 14.3. The Bertz CT molecular complexity index is 1030. The van der Waals surface area contributed by atoms with E-state index in [4.69, 9.17) is 4.74 Å². The molecule has 1 aliphatic carbocycles. The molecule has 2 saturated heterocycles. The van der Waals surface area contributed by atoms with Gasteiger partial charge in [-0.05, 0) is 62.5 Å². The number of hydrogen-bond acceptors (Lipinski definition) is 3. The molecular weight excluding hydrogens is 444 g/mol. The lowest BCUT2D eigenvalue weighted by Gasteiger charge is -2.47. The normalized spacial score (nSPS) is 29.3. The third kappa shape index (κ3) is 4.81. The lowest BCUT2D eigenvalue weighted by atomic mass is 9.71. The third-order valence-electron chi connectivity index (χ3n) is 9.42. The number of para-hydroxylation sites is 1. The van der Waals surface area contributed by atoms with Gasteiger partial charge in [0.15, 0.2) is 0 Å². The van der Waals surface area contributed by atoms with Gasteiger partial charge in [0.1, 0.15) is 5.75 Å². The van der Waals surface area contributed by atoms with Crippen LogP contribution in [0.15, 0.2) is 48.5 Å². The molecule has 4 heteroatoms. The van der Waals surface area contributed by atoms with Gasteiger partial charge in [-0.25, -0.2) is 0 Å². The molecule has 2 aliphatic heterocycles. The number of amides is 1. The van der Waals surface area contributed by atoms with Gasteiger partial charge in [0.2, 0.25) is 5.91 Å². The molecule has 0 radical (unpaired) electrons. The summed E-state index contributed by atoms with van der Waals surface area (Å²) in [5, 5.41) is 3.60. The Kier molecular flexibility index (Phi) is 7.71. The van der Waals surface area contributed by atoms with Crippen LogP contribution in [0.1, 0.15) is 81.4 Å². The second-order valence-corrected chi connectivity index (χ2v) is 11.6. The van der Waals surface area contributed by atoms with Crippen molar-refractivity contribution < 1.29 is 9.53 Å². The molecule has 3 aliphatic rings. The molecule has 2 aromatic rings. The van der Waals surface area contributed by atoms with Crippen molar-refractivity contribution in [3.05, 3.63) is 65.2 Å². The van der Waals surface area contributed by atoms with Crippen LogP contribution in [0, 0.1) is 18.8 Å². The largest absolute Gasteiger partial charge is 0.493 e. The van der Waals surface area contributed by atoms with Gasteiger partial charge >= 0.3 is 0 Å². The number of likely N-dealkylation sites (tertiary alicyclic amines) is 1. The van der Waals surface area contributed by atoms with E-state index in [0.29, 0.717) is 30.4 Å². The van der Waals surface area contributed by atoms with E-state index < -0.39 is 0 Å². The molecule has 0 aromatic heterocycles. The molecule has 0 bridgehead atoms.